The van der Waals surface area contributed by atoms with Crippen molar-refractivity contribution in [1.82, 2.24) is 10.6 Å². The third kappa shape index (κ3) is 5.95. The Labute approximate surface area is 208 Å². The van der Waals surface area contributed by atoms with Crippen molar-refractivity contribution < 1.29 is 46.1 Å². The number of nitrogens with one attached hydrogen (secondary N) is 2. The molecular formula is C25H25F5N2O5. The fourth-order valence-electron chi connectivity index (χ4n) is 4.95. The van der Waals surface area contributed by atoms with E-state index in [1.54, 1.807) is 0 Å². The molecule has 2 amide bonds. The molecule has 2 aromatic rings. The van der Waals surface area contributed by atoms with E-state index in [1.165, 1.54) is 6.07 Å². The topological polar surface area (TPSA) is 96.9 Å². The summed E-state index contributed by atoms with van der Waals surface area (Å²) in [7, 11) is 0. The first-order valence-electron chi connectivity index (χ1n) is 11.6. The van der Waals surface area contributed by atoms with Gasteiger partial charge in [0.1, 0.15) is 17.3 Å². The molecule has 0 saturated heterocycles. The summed E-state index contributed by atoms with van der Waals surface area (Å²) in [6.07, 6.45) is -2.22. The van der Waals surface area contributed by atoms with E-state index in [2.05, 4.69) is 10.6 Å². The van der Waals surface area contributed by atoms with E-state index in [9.17, 15) is 36.6 Å². The zero-order valence-electron chi connectivity index (χ0n) is 19.5. The molecule has 2 bridgehead atoms. The zero-order chi connectivity index (χ0) is 26.8. The van der Waals surface area contributed by atoms with Gasteiger partial charge in [0.2, 0.25) is 0 Å². The lowest BCUT2D eigenvalue weighted by Crippen LogP contribution is -2.70. The highest BCUT2D eigenvalue weighted by Gasteiger charge is 2.55. The number of amides is 2. The molecule has 0 aromatic heterocycles. The number of alkyl halides is 2. The van der Waals surface area contributed by atoms with Gasteiger partial charge in [-0.3, -0.25) is 9.59 Å². The van der Waals surface area contributed by atoms with Gasteiger partial charge in [-0.25, -0.2) is 22.0 Å². The minimum absolute atomic E-state index is 0.0191. The van der Waals surface area contributed by atoms with Gasteiger partial charge >= 0.3 is 0 Å². The highest BCUT2D eigenvalue weighted by Crippen LogP contribution is 2.47. The van der Waals surface area contributed by atoms with Gasteiger partial charge in [0.05, 0.1) is 17.2 Å². The van der Waals surface area contributed by atoms with Gasteiger partial charge in [0, 0.05) is 11.6 Å². The average molecular weight is 528 g/mol. The molecule has 3 aliphatic rings. The summed E-state index contributed by atoms with van der Waals surface area (Å²) in [4.78, 5) is 25.0. The van der Waals surface area contributed by atoms with Gasteiger partial charge in [0.15, 0.2) is 24.8 Å². The number of ether oxygens (including phenoxy) is 2. The van der Waals surface area contributed by atoms with Crippen LogP contribution in [0, 0.1) is 17.5 Å². The predicted molar refractivity (Wildman–Crippen MR) is 120 cm³/mol. The Kier molecular flexibility index (Phi) is 7.58. The molecule has 0 heterocycles. The largest absolute Gasteiger partial charge is 0.484 e. The smallest absolute Gasteiger partial charge is 0.266 e. The van der Waals surface area contributed by atoms with Crippen LogP contribution >= 0.6 is 0 Å². The molecule has 0 unspecified atom stereocenters. The normalized spacial score (nSPS) is 24.6. The number of benzene rings is 2. The number of aliphatic hydroxyl groups is 1. The number of fused-ring (bicyclic) bond motifs is 3. The first-order chi connectivity index (χ1) is 17.5. The lowest BCUT2D eigenvalue weighted by atomic mass is 9.60. The van der Waals surface area contributed by atoms with Gasteiger partial charge < -0.3 is 25.2 Å². The molecule has 2 aromatic carbocycles. The minimum Gasteiger partial charge on any atom is -0.484 e. The second-order valence-corrected chi connectivity index (χ2v) is 9.39. The molecule has 0 radical (unpaired) electrons. The Balaban J connectivity index is 1.28. The van der Waals surface area contributed by atoms with E-state index in [1.807, 2.05) is 0 Å². The standard InChI is InChI=1S/C25H25F5N2O5/c26-17-3-1-14(9-16(17)23(29)30)36-12-21(34)31-24-5-7-25(8-6-24,20(33)11-24)32-22(35)13-37-15-2-4-18(27)19(28)10-15/h1-4,9-10,20,23,33H,5-8,11-13H2,(H,31,34)(H,32,35)/t20-,24?,25?/m0/s1. The van der Waals surface area contributed by atoms with Crippen molar-refractivity contribution in [3.63, 3.8) is 0 Å². The molecule has 7 nitrogen and oxygen atoms in total. The van der Waals surface area contributed by atoms with Gasteiger partial charge in [-0.2, -0.15) is 0 Å². The fourth-order valence-corrected chi connectivity index (χ4v) is 4.95. The summed E-state index contributed by atoms with van der Waals surface area (Å²) in [6, 6.07) is 5.71. The quantitative estimate of drug-likeness (QED) is 0.433. The van der Waals surface area contributed by atoms with Crippen LogP contribution in [-0.4, -0.2) is 47.3 Å². The van der Waals surface area contributed by atoms with Gasteiger partial charge in [0.25, 0.3) is 18.2 Å². The van der Waals surface area contributed by atoms with Crippen LogP contribution < -0.4 is 20.1 Å². The molecule has 200 valence electrons. The van der Waals surface area contributed by atoms with Crippen molar-refractivity contribution in [3.05, 3.63) is 59.4 Å². The second kappa shape index (κ2) is 10.5. The number of hydrogen-bond donors (Lipinski definition) is 3. The van der Waals surface area contributed by atoms with E-state index in [4.69, 9.17) is 9.47 Å². The van der Waals surface area contributed by atoms with Crippen LogP contribution in [0.15, 0.2) is 36.4 Å². The predicted octanol–water partition coefficient (Wildman–Crippen LogP) is 3.55. The van der Waals surface area contributed by atoms with Crippen molar-refractivity contribution in [2.75, 3.05) is 13.2 Å². The highest BCUT2D eigenvalue weighted by molar-refractivity contribution is 5.79. The number of carbonyl (C=O) groups is 2. The summed E-state index contributed by atoms with van der Waals surface area (Å²) < 4.78 is 75.9. The van der Waals surface area contributed by atoms with E-state index >= 15 is 0 Å². The molecule has 12 heteroatoms. The van der Waals surface area contributed by atoms with E-state index in [0.717, 1.165) is 30.3 Å². The van der Waals surface area contributed by atoms with Crippen molar-refractivity contribution in [3.8, 4) is 11.5 Å². The van der Waals surface area contributed by atoms with Crippen molar-refractivity contribution in [2.24, 2.45) is 0 Å². The van der Waals surface area contributed by atoms with Crippen LogP contribution in [-0.2, 0) is 9.59 Å². The molecule has 0 aliphatic heterocycles. The number of aliphatic hydroxyl groups excluding tert-OH is 1. The van der Waals surface area contributed by atoms with Gasteiger partial charge in [-0.15, -0.1) is 0 Å². The number of halogens is 5. The lowest BCUT2D eigenvalue weighted by Gasteiger charge is -2.56. The van der Waals surface area contributed by atoms with Crippen LogP contribution in [0.25, 0.3) is 0 Å². The zero-order valence-corrected chi connectivity index (χ0v) is 19.5. The van der Waals surface area contributed by atoms with E-state index < -0.39 is 71.7 Å². The van der Waals surface area contributed by atoms with E-state index in [-0.39, 0.29) is 17.9 Å². The maximum atomic E-state index is 13.4. The number of carbonyl (C=O) groups excluding carboxylic acids is 2. The third-order valence-corrected chi connectivity index (χ3v) is 6.95. The molecule has 3 aliphatic carbocycles. The average Bonchev–Trinajstić information content (AvgIpc) is 2.85. The first kappa shape index (κ1) is 26.6. The summed E-state index contributed by atoms with van der Waals surface area (Å²) >= 11 is 0. The van der Waals surface area contributed by atoms with Crippen LogP contribution in [0.3, 0.4) is 0 Å². The molecule has 0 spiro atoms. The van der Waals surface area contributed by atoms with Crippen molar-refractivity contribution in [1.29, 1.82) is 0 Å². The number of rotatable bonds is 9. The van der Waals surface area contributed by atoms with Crippen LogP contribution in [0.1, 0.15) is 44.1 Å². The van der Waals surface area contributed by atoms with Crippen molar-refractivity contribution in [2.45, 2.75) is 55.7 Å². The Hall–Kier alpha value is -3.41. The van der Waals surface area contributed by atoms with Crippen LogP contribution in [0.2, 0.25) is 0 Å². The Morgan fingerprint density at radius 3 is 2.00 bits per heavy atom. The van der Waals surface area contributed by atoms with Crippen molar-refractivity contribution >= 4 is 11.8 Å². The summed E-state index contributed by atoms with van der Waals surface area (Å²) in [5.41, 5.74) is -2.48. The Morgan fingerprint density at radius 1 is 0.865 bits per heavy atom. The van der Waals surface area contributed by atoms with E-state index in [0.29, 0.717) is 25.7 Å². The molecule has 3 N–H and O–H groups in total. The Bertz CT molecular complexity index is 1170. The van der Waals surface area contributed by atoms with Gasteiger partial charge in [-0.05, 0) is 62.4 Å². The molecule has 3 saturated carbocycles. The second-order valence-electron chi connectivity index (χ2n) is 9.39. The van der Waals surface area contributed by atoms with Crippen LogP contribution in [0.5, 0.6) is 11.5 Å². The maximum Gasteiger partial charge on any atom is 0.266 e. The molecule has 5 rings (SSSR count). The molecule has 1 atom stereocenters. The molecular weight excluding hydrogens is 503 g/mol. The summed E-state index contributed by atoms with van der Waals surface area (Å²) in [5, 5.41) is 16.4. The maximum absolute atomic E-state index is 13.4. The summed E-state index contributed by atoms with van der Waals surface area (Å²) in [6.45, 7) is -0.954. The third-order valence-electron chi connectivity index (χ3n) is 6.95. The monoisotopic (exact) mass is 528 g/mol. The molecule has 37 heavy (non-hydrogen) atoms. The van der Waals surface area contributed by atoms with Gasteiger partial charge in [-0.1, -0.05) is 0 Å². The Morgan fingerprint density at radius 2 is 1.43 bits per heavy atom. The summed E-state index contributed by atoms with van der Waals surface area (Å²) in [5.74, 6) is -4.40. The van der Waals surface area contributed by atoms with Crippen LogP contribution in [0.4, 0.5) is 22.0 Å². The first-order valence-corrected chi connectivity index (χ1v) is 11.6. The SMILES string of the molecule is O=C(COc1ccc(F)c(C(F)F)c1)NC12CCC(NC(=O)COc3ccc(F)c(F)c3)(CC1)[C@@H](O)C2. The fraction of sp³-hybridized carbons (Fsp3) is 0.440. The lowest BCUT2D eigenvalue weighted by molar-refractivity contribution is -0.137. The minimum atomic E-state index is -3.03. The number of hydrogen-bond acceptors (Lipinski definition) is 5. The highest BCUT2D eigenvalue weighted by atomic mass is 19.3. The molecule has 3 fully saturated rings.